The maximum atomic E-state index is 12.4. The van der Waals surface area contributed by atoms with E-state index in [4.69, 9.17) is 9.47 Å². The molecule has 3 rings (SSSR count). The van der Waals surface area contributed by atoms with E-state index < -0.39 is 6.29 Å². The molecule has 2 aliphatic carbocycles. The molecule has 19 heavy (non-hydrogen) atoms. The minimum Gasteiger partial charge on any atom is -0.346 e. The second-order valence-corrected chi connectivity index (χ2v) is 7.20. The fraction of sp³-hybridized carbons (Fsp3) is 0.812. The maximum Gasteiger partial charge on any atom is 0.187 e. The number of carbonyl (C=O) groups excluding carboxylic acids is 1. The first-order valence-electron chi connectivity index (χ1n) is 7.42. The quantitative estimate of drug-likeness (QED) is 0.730. The van der Waals surface area contributed by atoms with Gasteiger partial charge in [-0.1, -0.05) is 33.3 Å². The highest BCUT2D eigenvalue weighted by atomic mass is 16.7. The fourth-order valence-electron chi connectivity index (χ4n) is 4.32. The largest absolute Gasteiger partial charge is 0.346 e. The Morgan fingerprint density at radius 2 is 1.84 bits per heavy atom. The lowest BCUT2D eigenvalue weighted by atomic mass is 9.53. The molecular formula is C16H24O3. The van der Waals surface area contributed by atoms with Crippen molar-refractivity contribution >= 4 is 5.78 Å². The number of ketones is 1. The Morgan fingerprint density at radius 1 is 1.16 bits per heavy atom. The molecule has 3 nitrogen and oxygen atoms in total. The molecule has 0 N–H and O–H groups in total. The van der Waals surface area contributed by atoms with Crippen molar-refractivity contribution in [1.82, 2.24) is 0 Å². The van der Waals surface area contributed by atoms with Crippen LogP contribution in [0, 0.1) is 16.7 Å². The second kappa shape index (κ2) is 4.42. The lowest BCUT2D eigenvalue weighted by molar-refractivity contribution is -0.125. The molecule has 0 amide bonds. The van der Waals surface area contributed by atoms with Crippen molar-refractivity contribution in [3.8, 4) is 0 Å². The molecule has 1 heterocycles. The molecule has 1 aliphatic heterocycles. The van der Waals surface area contributed by atoms with E-state index >= 15 is 0 Å². The van der Waals surface area contributed by atoms with E-state index in [0.29, 0.717) is 25.6 Å². The van der Waals surface area contributed by atoms with E-state index in [2.05, 4.69) is 26.8 Å². The van der Waals surface area contributed by atoms with Crippen LogP contribution in [0.25, 0.3) is 0 Å². The molecular weight excluding hydrogens is 240 g/mol. The van der Waals surface area contributed by atoms with Crippen molar-refractivity contribution in [3.05, 3.63) is 11.6 Å². The molecule has 0 spiro atoms. The Hall–Kier alpha value is -0.670. The van der Waals surface area contributed by atoms with Crippen LogP contribution in [-0.2, 0) is 14.3 Å². The lowest BCUT2D eigenvalue weighted by Crippen LogP contribution is -2.46. The van der Waals surface area contributed by atoms with Crippen LogP contribution in [0.5, 0.6) is 0 Å². The molecule has 2 atom stereocenters. The molecule has 0 bridgehead atoms. The standard InChI is InChI=1S/C16H24O3/c1-15(2)5-4-6-16(3)10-11(12(17)9-13(15)16)14-18-7-8-19-14/h10,13-14H,4-9H2,1-3H3/t13-,16-/m1/s1. The third kappa shape index (κ3) is 2.17. The Morgan fingerprint density at radius 3 is 2.53 bits per heavy atom. The van der Waals surface area contributed by atoms with Gasteiger partial charge in [0.25, 0.3) is 0 Å². The third-order valence-electron chi connectivity index (χ3n) is 5.35. The average Bonchev–Trinajstić information content (AvgIpc) is 2.84. The van der Waals surface area contributed by atoms with E-state index in [1.165, 1.54) is 19.3 Å². The summed E-state index contributed by atoms with van der Waals surface area (Å²) < 4.78 is 11.1. The summed E-state index contributed by atoms with van der Waals surface area (Å²) in [7, 11) is 0. The van der Waals surface area contributed by atoms with Gasteiger partial charge in [0.1, 0.15) is 0 Å². The van der Waals surface area contributed by atoms with Gasteiger partial charge in [-0.2, -0.15) is 0 Å². The first-order chi connectivity index (χ1) is 8.92. The normalized spacial score (nSPS) is 39.0. The van der Waals surface area contributed by atoms with Crippen molar-refractivity contribution in [1.29, 1.82) is 0 Å². The third-order valence-corrected chi connectivity index (χ3v) is 5.35. The smallest absolute Gasteiger partial charge is 0.187 e. The summed E-state index contributed by atoms with van der Waals surface area (Å²) in [6.07, 6.45) is 6.06. The number of rotatable bonds is 1. The molecule has 1 saturated heterocycles. The number of allylic oxidation sites excluding steroid dienone is 1. The molecule has 0 radical (unpaired) electrons. The van der Waals surface area contributed by atoms with E-state index in [-0.39, 0.29) is 16.6 Å². The van der Waals surface area contributed by atoms with E-state index in [1.54, 1.807) is 0 Å². The zero-order valence-corrected chi connectivity index (χ0v) is 12.2. The van der Waals surface area contributed by atoms with Crippen LogP contribution in [0.3, 0.4) is 0 Å². The fourth-order valence-corrected chi connectivity index (χ4v) is 4.32. The molecule has 0 aromatic carbocycles. The van der Waals surface area contributed by atoms with Gasteiger partial charge in [0, 0.05) is 12.0 Å². The van der Waals surface area contributed by atoms with Gasteiger partial charge in [-0.05, 0) is 29.6 Å². The predicted octanol–water partition coefficient (Wildman–Crippen LogP) is 3.09. The van der Waals surface area contributed by atoms with Crippen LogP contribution in [0.2, 0.25) is 0 Å². The predicted molar refractivity (Wildman–Crippen MR) is 72.6 cm³/mol. The highest BCUT2D eigenvalue weighted by molar-refractivity contribution is 5.97. The van der Waals surface area contributed by atoms with Crippen LogP contribution in [0.1, 0.15) is 46.5 Å². The van der Waals surface area contributed by atoms with Gasteiger partial charge >= 0.3 is 0 Å². The summed E-state index contributed by atoms with van der Waals surface area (Å²) in [5, 5.41) is 0. The van der Waals surface area contributed by atoms with Crippen LogP contribution in [0.15, 0.2) is 11.6 Å². The molecule has 0 unspecified atom stereocenters. The second-order valence-electron chi connectivity index (χ2n) is 7.20. The zero-order chi connectivity index (χ0) is 13.7. The number of carbonyl (C=O) groups is 1. The SMILES string of the molecule is CC1(C)CCC[C@]2(C)C=C(C3OCCO3)C(=O)C[C@H]12. The summed E-state index contributed by atoms with van der Waals surface area (Å²) in [5.74, 6) is 0.677. The van der Waals surface area contributed by atoms with Crippen LogP contribution in [0.4, 0.5) is 0 Å². The summed E-state index contributed by atoms with van der Waals surface area (Å²) in [4.78, 5) is 12.4. The Kier molecular flexibility index (Phi) is 3.10. The van der Waals surface area contributed by atoms with Gasteiger partial charge in [-0.25, -0.2) is 0 Å². The first kappa shape index (κ1) is 13.3. The van der Waals surface area contributed by atoms with Crippen molar-refractivity contribution < 1.29 is 14.3 Å². The number of ether oxygens (including phenoxy) is 2. The van der Waals surface area contributed by atoms with Crippen molar-refractivity contribution in [2.75, 3.05) is 13.2 Å². The topological polar surface area (TPSA) is 35.5 Å². The number of fused-ring (bicyclic) bond motifs is 1. The Balaban J connectivity index is 1.95. The molecule has 2 fully saturated rings. The van der Waals surface area contributed by atoms with E-state index in [9.17, 15) is 4.79 Å². The van der Waals surface area contributed by atoms with E-state index in [1.807, 2.05) is 0 Å². The van der Waals surface area contributed by atoms with Gasteiger partial charge in [0.2, 0.25) is 0 Å². The van der Waals surface area contributed by atoms with Gasteiger partial charge in [0.05, 0.1) is 13.2 Å². The van der Waals surface area contributed by atoms with Gasteiger partial charge < -0.3 is 9.47 Å². The van der Waals surface area contributed by atoms with Gasteiger partial charge in [-0.3, -0.25) is 4.79 Å². The highest BCUT2D eigenvalue weighted by Gasteiger charge is 2.50. The summed E-state index contributed by atoms with van der Waals surface area (Å²) >= 11 is 0. The monoisotopic (exact) mass is 264 g/mol. The summed E-state index contributed by atoms with van der Waals surface area (Å²) in [5.41, 5.74) is 1.15. The maximum absolute atomic E-state index is 12.4. The van der Waals surface area contributed by atoms with E-state index in [0.717, 1.165) is 5.57 Å². The minimum atomic E-state index is -0.407. The molecule has 0 aromatic rings. The van der Waals surface area contributed by atoms with Gasteiger partial charge in [0.15, 0.2) is 12.1 Å². The summed E-state index contributed by atoms with van der Waals surface area (Å²) in [6, 6.07) is 0. The molecule has 106 valence electrons. The highest BCUT2D eigenvalue weighted by Crippen LogP contribution is 2.56. The van der Waals surface area contributed by atoms with Crippen molar-refractivity contribution in [2.45, 2.75) is 52.7 Å². The van der Waals surface area contributed by atoms with Crippen LogP contribution in [-0.4, -0.2) is 25.3 Å². The van der Waals surface area contributed by atoms with Crippen LogP contribution >= 0.6 is 0 Å². The number of Topliss-reactive ketones (excluding diaryl/α,β-unsaturated/α-hetero) is 1. The van der Waals surface area contributed by atoms with Crippen molar-refractivity contribution in [2.24, 2.45) is 16.7 Å². The first-order valence-corrected chi connectivity index (χ1v) is 7.42. The number of hydrogen-bond donors (Lipinski definition) is 0. The lowest BCUT2D eigenvalue weighted by Gasteiger charge is -2.52. The Bertz CT molecular complexity index is 418. The zero-order valence-electron chi connectivity index (χ0n) is 12.2. The molecule has 3 heteroatoms. The average molecular weight is 264 g/mol. The van der Waals surface area contributed by atoms with Crippen molar-refractivity contribution in [3.63, 3.8) is 0 Å². The van der Waals surface area contributed by atoms with Gasteiger partial charge in [-0.15, -0.1) is 0 Å². The minimum absolute atomic E-state index is 0.125. The van der Waals surface area contributed by atoms with Crippen LogP contribution < -0.4 is 0 Å². The molecule has 3 aliphatic rings. The Labute approximate surface area is 115 Å². The molecule has 1 saturated carbocycles. The summed E-state index contributed by atoms with van der Waals surface area (Å²) in [6.45, 7) is 8.12. The molecule has 0 aromatic heterocycles. The number of hydrogen-bond acceptors (Lipinski definition) is 3.